The van der Waals surface area contributed by atoms with Crippen molar-refractivity contribution in [2.24, 2.45) is 11.7 Å². The number of nitrogens with one attached hydrogen (secondary N) is 1. The molecule has 3 N–H and O–H groups in total. The maximum absolute atomic E-state index is 12.4. The van der Waals surface area contributed by atoms with Crippen molar-refractivity contribution in [3.63, 3.8) is 0 Å². The van der Waals surface area contributed by atoms with E-state index in [0.717, 1.165) is 12.8 Å². The third-order valence-electron chi connectivity index (χ3n) is 4.58. The Morgan fingerprint density at radius 3 is 2.75 bits per heavy atom. The summed E-state index contributed by atoms with van der Waals surface area (Å²) in [5.41, 5.74) is 7.20. The molecule has 0 bridgehead atoms. The number of nitrogens with two attached hydrogens (primary N) is 1. The highest BCUT2D eigenvalue weighted by Crippen LogP contribution is 2.27. The second kappa shape index (κ2) is 7.08. The van der Waals surface area contributed by atoms with Crippen LogP contribution >= 0.6 is 0 Å². The summed E-state index contributed by atoms with van der Waals surface area (Å²) in [7, 11) is -3.24. The molecule has 0 spiro atoms. The van der Waals surface area contributed by atoms with E-state index < -0.39 is 16.1 Å². The monoisotopic (exact) mass is 353 g/mol. The van der Waals surface area contributed by atoms with Gasteiger partial charge in [-0.2, -0.15) is 0 Å². The van der Waals surface area contributed by atoms with E-state index >= 15 is 0 Å². The van der Waals surface area contributed by atoms with E-state index in [1.54, 1.807) is 24.3 Å². The van der Waals surface area contributed by atoms with Gasteiger partial charge < -0.3 is 15.8 Å². The molecule has 3 rings (SSSR count). The van der Waals surface area contributed by atoms with E-state index in [0.29, 0.717) is 37.6 Å². The van der Waals surface area contributed by atoms with E-state index in [4.69, 9.17) is 10.5 Å². The number of hydrogen-bond acceptors (Lipinski definition) is 5. The number of ether oxygens (including phenoxy) is 1. The van der Waals surface area contributed by atoms with Crippen LogP contribution in [0.3, 0.4) is 0 Å². The highest BCUT2D eigenvalue weighted by atomic mass is 32.2. The summed E-state index contributed by atoms with van der Waals surface area (Å²) in [6, 6.07) is 6.29. The molecule has 2 fully saturated rings. The maximum atomic E-state index is 12.4. The number of nitrogens with zero attached hydrogens (tertiary/aromatic N) is 1. The van der Waals surface area contributed by atoms with Gasteiger partial charge in [-0.3, -0.25) is 9.10 Å². The first kappa shape index (κ1) is 17.2. The van der Waals surface area contributed by atoms with Gasteiger partial charge in [0.05, 0.1) is 17.5 Å². The van der Waals surface area contributed by atoms with Crippen LogP contribution in [-0.4, -0.2) is 45.9 Å². The topological polar surface area (TPSA) is 102 Å². The quantitative estimate of drug-likeness (QED) is 0.838. The van der Waals surface area contributed by atoms with Crippen LogP contribution in [0.5, 0.6) is 0 Å². The number of carbonyl (C=O) groups is 1. The Morgan fingerprint density at radius 1 is 1.33 bits per heavy atom. The minimum absolute atomic E-state index is 0.112. The molecule has 1 atom stereocenters. The van der Waals surface area contributed by atoms with Crippen LogP contribution in [0.15, 0.2) is 24.3 Å². The van der Waals surface area contributed by atoms with Crippen molar-refractivity contribution in [3.05, 3.63) is 24.3 Å². The summed E-state index contributed by atoms with van der Waals surface area (Å²) in [5.74, 6) is 0.0299. The van der Waals surface area contributed by atoms with Crippen LogP contribution in [0.1, 0.15) is 19.3 Å². The Balaban J connectivity index is 1.69. The zero-order valence-electron chi connectivity index (χ0n) is 13.5. The number of anilines is 2. The molecule has 24 heavy (non-hydrogen) atoms. The molecule has 1 unspecified atom stereocenters. The first-order chi connectivity index (χ1) is 11.5. The number of benzene rings is 1. The third kappa shape index (κ3) is 3.71. The summed E-state index contributed by atoms with van der Waals surface area (Å²) in [6.45, 7) is 1.74. The van der Waals surface area contributed by atoms with Crippen LogP contribution in [0, 0.1) is 5.92 Å². The van der Waals surface area contributed by atoms with Crippen LogP contribution in [0.2, 0.25) is 0 Å². The fourth-order valence-electron chi connectivity index (χ4n) is 3.18. The molecule has 132 valence electrons. The first-order valence-electron chi connectivity index (χ1n) is 8.22. The number of sulfonamides is 1. The average Bonchev–Trinajstić information content (AvgIpc) is 2.94. The van der Waals surface area contributed by atoms with E-state index in [1.807, 2.05) is 0 Å². The van der Waals surface area contributed by atoms with E-state index in [1.165, 1.54) is 4.31 Å². The second-order valence-corrected chi connectivity index (χ2v) is 8.27. The predicted molar refractivity (Wildman–Crippen MR) is 92.3 cm³/mol. The van der Waals surface area contributed by atoms with Gasteiger partial charge in [-0.05, 0) is 43.4 Å². The van der Waals surface area contributed by atoms with E-state index in [-0.39, 0.29) is 17.6 Å². The lowest BCUT2D eigenvalue weighted by atomic mass is 9.92. The van der Waals surface area contributed by atoms with Gasteiger partial charge in [-0.1, -0.05) is 6.07 Å². The zero-order chi connectivity index (χ0) is 17.2. The predicted octanol–water partition coefficient (Wildman–Crippen LogP) is 0.919. The van der Waals surface area contributed by atoms with Crippen molar-refractivity contribution in [3.8, 4) is 0 Å². The number of amides is 1. The van der Waals surface area contributed by atoms with Crippen molar-refractivity contribution in [2.75, 3.05) is 35.1 Å². The van der Waals surface area contributed by atoms with Crippen LogP contribution in [-0.2, 0) is 19.6 Å². The standard InChI is InChI=1S/C16H23N3O4S/c17-15(12-5-8-23-9-6-12)16(20)18-13-3-1-4-14(11-13)19-7-2-10-24(19,21)22/h1,3-4,11-12,15H,2,5-10,17H2,(H,18,20). The minimum Gasteiger partial charge on any atom is -0.381 e. The molecule has 0 radical (unpaired) electrons. The molecule has 0 aliphatic carbocycles. The molecule has 2 aliphatic heterocycles. The lowest BCUT2D eigenvalue weighted by Crippen LogP contribution is -2.44. The molecule has 8 heteroatoms. The van der Waals surface area contributed by atoms with Crippen molar-refractivity contribution in [1.29, 1.82) is 0 Å². The van der Waals surface area contributed by atoms with Crippen LogP contribution in [0.4, 0.5) is 11.4 Å². The Kier molecular flexibility index (Phi) is 5.07. The highest BCUT2D eigenvalue weighted by Gasteiger charge is 2.29. The number of carbonyl (C=O) groups excluding carboxylic acids is 1. The highest BCUT2D eigenvalue weighted by molar-refractivity contribution is 7.93. The van der Waals surface area contributed by atoms with Gasteiger partial charge >= 0.3 is 0 Å². The fraction of sp³-hybridized carbons (Fsp3) is 0.562. The van der Waals surface area contributed by atoms with E-state index in [9.17, 15) is 13.2 Å². The lowest BCUT2D eigenvalue weighted by Gasteiger charge is -2.26. The summed E-state index contributed by atoms with van der Waals surface area (Å²) in [4.78, 5) is 12.4. The molecule has 2 saturated heterocycles. The van der Waals surface area contributed by atoms with Gasteiger partial charge in [0.25, 0.3) is 0 Å². The van der Waals surface area contributed by atoms with Gasteiger partial charge in [0.15, 0.2) is 0 Å². The summed E-state index contributed by atoms with van der Waals surface area (Å²) < 4.78 is 30.7. The molecule has 1 amide bonds. The lowest BCUT2D eigenvalue weighted by molar-refractivity contribution is -0.119. The maximum Gasteiger partial charge on any atom is 0.241 e. The first-order valence-corrected chi connectivity index (χ1v) is 9.83. The molecular formula is C16H23N3O4S. The van der Waals surface area contributed by atoms with Crippen LogP contribution < -0.4 is 15.4 Å². The summed E-state index contributed by atoms with van der Waals surface area (Å²) >= 11 is 0. The van der Waals surface area contributed by atoms with Gasteiger partial charge in [0.1, 0.15) is 0 Å². The molecule has 0 aromatic heterocycles. The Hall–Kier alpha value is -1.64. The molecule has 2 aliphatic rings. The van der Waals surface area contributed by atoms with Crippen molar-refractivity contribution in [2.45, 2.75) is 25.3 Å². The number of rotatable bonds is 4. The molecule has 1 aromatic rings. The molecule has 2 heterocycles. The van der Waals surface area contributed by atoms with Crippen molar-refractivity contribution < 1.29 is 17.9 Å². The minimum atomic E-state index is -3.24. The molecule has 0 saturated carbocycles. The zero-order valence-corrected chi connectivity index (χ0v) is 14.3. The molecular weight excluding hydrogens is 330 g/mol. The van der Waals surface area contributed by atoms with Gasteiger partial charge in [0, 0.05) is 25.4 Å². The normalized spacial score (nSPS) is 22.3. The number of hydrogen-bond donors (Lipinski definition) is 2. The Bertz CT molecular complexity index is 701. The Labute approximate surface area is 142 Å². The van der Waals surface area contributed by atoms with Crippen molar-refractivity contribution in [1.82, 2.24) is 0 Å². The SMILES string of the molecule is NC(C(=O)Nc1cccc(N2CCCS2(=O)=O)c1)C1CCOCC1. The second-order valence-electron chi connectivity index (χ2n) is 6.26. The van der Waals surface area contributed by atoms with Gasteiger partial charge in [-0.25, -0.2) is 8.42 Å². The smallest absolute Gasteiger partial charge is 0.241 e. The van der Waals surface area contributed by atoms with Crippen LogP contribution in [0.25, 0.3) is 0 Å². The summed E-state index contributed by atoms with van der Waals surface area (Å²) in [6.07, 6.45) is 2.18. The van der Waals surface area contributed by atoms with Crippen molar-refractivity contribution >= 4 is 27.3 Å². The van der Waals surface area contributed by atoms with Gasteiger partial charge in [0.2, 0.25) is 15.9 Å². The summed E-state index contributed by atoms with van der Waals surface area (Å²) in [5, 5.41) is 2.80. The molecule has 1 aromatic carbocycles. The third-order valence-corrected chi connectivity index (χ3v) is 6.45. The largest absolute Gasteiger partial charge is 0.381 e. The average molecular weight is 353 g/mol. The Morgan fingerprint density at radius 2 is 2.08 bits per heavy atom. The fourth-order valence-corrected chi connectivity index (χ4v) is 4.74. The van der Waals surface area contributed by atoms with Gasteiger partial charge in [-0.15, -0.1) is 0 Å². The van der Waals surface area contributed by atoms with E-state index in [2.05, 4.69) is 5.32 Å². The molecule has 7 nitrogen and oxygen atoms in total.